The zero-order valence-electron chi connectivity index (χ0n) is 15.3. The highest BCUT2D eigenvalue weighted by molar-refractivity contribution is 6.01. The van der Waals surface area contributed by atoms with Crippen LogP contribution in [0.25, 0.3) is 0 Å². The second kappa shape index (κ2) is 6.65. The van der Waals surface area contributed by atoms with E-state index in [9.17, 15) is 22.8 Å². The second-order valence-corrected chi connectivity index (χ2v) is 7.05. The maximum atomic E-state index is 13.1. The lowest BCUT2D eigenvalue weighted by atomic mass is 10.0. The highest BCUT2D eigenvalue weighted by Crippen LogP contribution is 2.35. The molecule has 0 aliphatic carbocycles. The van der Waals surface area contributed by atoms with Crippen molar-refractivity contribution in [3.05, 3.63) is 46.8 Å². The van der Waals surface area contributed by atoms with Crippen molar-refractivity contribution < 1.29 is 22.8 Å². The number of carbonyl (C=O) groups is 2. The normalized spacial score (nSPS) is 16.8. The van der Waals surface area contributed by atoms with Gasteiger partial charge >= 0.3 is 6.18 Å². The van der Waals surface area contributed by atoms with Gasteiger partial charge in [-0.2, -0.15) is 18.3 Å². The molecule has 6 nitrogen and oxygen atoms in total. The summed E-state index contributed by atoms with van der Waals surface area (Å²) >= 11 is 0. The zero-order valence-corrected chi connectivity index (χ0v) is 15.3. The van der Waals surface area contributed by atoms with E-state index in [0.29, 0.717) is 6.54 Å². The summed E-state index contributed by atoms with van der Waals surface area (Å²) in [6.07, 6.45) is -2.87. The van der Waals surface area contributed by atoms with Gasteiger partial charge in [0.05, 0.1) is 0 Å². The van der Waals surface area contributed by atoms with Gasteiger partial charge in [0, 0.05) is 31.4 Å². The van der Waals surface area contributed by atoms with E-state index in [1.54, 1.807) is 4.90 Å². The largest absolute Gasteiger partial charge is 0.435 e. The Balaban J connectivity index is 1.56. The molecule has 1 aromatic carbocycles. The van der Waals surface area contributed by atoms with Crippen LogP contribution in [0.3, 0.4) is 0 Å². The first-order valence-corrected chi connectivity index (χ1v) is 9.08. The number of amides is 2. The molecule has 1 aromatic heterocycles. The molecule has 2 aliphatic heterocycles. The van der Waals surface area contributed by atoms with Gasteiger partial charge in [-0.1, -0.05) is 18.2 Å². The number of anilines is 1. The number of aromatic nitrogens is 2. The molecule has 0 radical (unpaired) electrons. The van der Waals surface area contributed by atoms with Gasteiger partial charge < -0.3 is 9.80 Å². The number of halogens is 3. The van der Waals surface area contributed by atoms with E-state index >= 15 is 0 Å². The highest BCUT2D eigenvalue weighted by Gasteiger charge is 2.42. The third kappa shape index (κ3) is 3.04. The van der Waals surface area contributed by atoms with E-state index in [-0.39, 0.29) is 36.7 Å². The average molecular weight is 392 g/mol. The highest BCUT2D eigenvalue weighted by atomic mass is 19.4. The molecule has 0 saturated heterocycles. The zero-order chi connectivity index (χ0) is 20.1. The number of hydrogen-bond donors (Lipinski definition) is 0. The predicted molar refractivity (Wildman–Crippen MR) is 94.9 cm³/mol. The Morgan fingerprint density at radius 3 is 2.68 bits per heavy atom. The minimum Gasteiger partial charge on any atom is -0.328 e. The van der Waals surface area contributed by atoms with E-state index in [0.717, 1.165) is 28.8 Å². The molecule has 0 atom stereocenters. The fourth-order valence-electron chi connectivity index (χ4n) is 3.99. The first-order valence-electron chi connectivity index (χ1n) is 9.08. The van der Waals surface area contributed by atoms with Gasteiger partial charge in [0.1, 0.15) is 12.2 Å². The summed E-state index contributed by atoms with van der Waals surface area (Å²) in [5, 5.41) is 3.50. The van der Waals surface area contributed by atoms with Crippen LogP contribution in [0.1, 0.15) is 33.7 Å². The summed E-state index contributed by atoms with van der Waals surface area (Å²) < 4.78 is 40.4. The molecule has 3 heterocycles. The number of rotatable bonds is 2. The van der Waals surface area contributed by atoms with Crippen LogP contribution in [0.15, 0.2) is 24.3 Å². The molecule has 0 spiro atoms. The van der Waals surface area contributed by atoms with Crippen molar-refractivity contribution in [2.75, 3.05) is 24.5 Å². The van der Waals surface area contributed by atoms with Crippen molar-refractivity contribution >= 4 is 17.5 Å². The Kier molecular flexibility index (Phi) is 4.40. The smallest absolute Gasteiger partial charge is 0.328 e. The number of fused-ring (bicyclic) bond motifs is 2. The van der Waals surface area contributed by atoms with Crippen LogP contribution < -0.4 is 4.90 Å². The van der Waals surface area contributed by atoms with Gasteiger partial charge in [-0.05, 0) is 30.9 Å². The molecule has 0 saturated carbocycles. The molecular weight excluding hydrogens is 373 g/mol. The molecule has 9 heteroatoms. The molecule has 0 bridgehead atoms. The van der Waals surface area contributed by atoms with E-state index < -0.39 is 17.8 Å². The Hall–Kier alpha value is -2.84. The third-order valence-electron chi connectivity index (χ3n) is 5.27. The van der Waals surface area contributed by atoms with Crippen molar-refractivity contribution in [1.29, 1.82) is 0 Å². The number of hydrogen-bond acceptors (Lipinski definition) is 3. The fourth-order valence-corrected chi connectivity index (χ4v) is 3.99. The Labute approximate surface area is 159 Å². The molecule has 0 fully saturated rings. The van der Waals surface area contributed by atoms with Crippen LogP contribution in [0.2, 0.25) is 0 Å². The molecule has 4 rings (SSSR count). The van der Waals surface area contributed by atoms with E-state index in [1.165, 1.54) is 11.9 Å². The van der Waals surface area contributed by atoms with Crippen molar-refractivity contribution in [2.45, 2.75) is 25.4 Å². The average Bonchev–Trinajstić information content (AvgIpc) is 3.01. The molecule has 0 N–H and O–H groups in total. The van der Waals surface area contributed by atoms with E-state index in [1.807, 2.05) is 24.3 Å². The summed E-state index contributed by atoms with van der Waals surface area (Å²) in [5.74, 6) is -0.826. The van der Waals surface area contributed by atoms with Crippen LogP contribution in [0.5, 0.6) is 0 Å². The van der Waals surface area contributed by atoms with Crippen LogP contribution in [-0.2, 0) is 30.9 Å². The van der Waals surface area contributed by atoms with Crippen LogP contribution in [0.4, 0.5) is 18.9 Å². The Morgan fingerprint density at radius 1 is 1.18 bits per heavy atom. The van der Waals surface area contributed by atoms with Gasteiger partial charge in [0.2, 0.25) is 5.91 Å². The van der Waals surface area contributed by atoms with Crippen molar-refractivity contribution in [1.82, 2.24) is 14.7 Å². The van der Waals surface area contributed by atoms with Gasteiger partial charge in [-0.15, -0.1) is 0 Å². The first-order chi connectivity index (χ1) is 13.3. The number of benzene rings is 1. The number of aryl methyl sites for hydroxylation is 2. The summed E-state index contributed by atoms with van der Waals surface area (Å²) in [6, 6.07) is 7.63. The van der Waals surface area contributed by atoms with Gasteiger partial charge in [0.15, 0.2) is 5.69 Å². The molecule has 0 unspecified atom stereocenters. The monoisotopic (exact) mass is 392 g/mol. The molecular formula is C19H19F3N4O2. The van der Waals surface area contributed by atoms with E-state index in [2.05, 4.69) is 5.10 Å². The topological polar surface area (TPSA) is 58.4 Å². The molecule has 2 aliphatic rings. The van der Waals surface area contributed by atoms with Crippen LogP contribution in [0, 0.1) is 0 Å². The standard InChI is InChI=1S/C19H19F3N4O2/c1-24-16-13(17(23-24)19(20,21)22)8-10-25(18(16)28)11-15(27)26-9-4-6-12-5-2-3-7-14(12)26/h2-3,5,7H,4,6,8-11H2,1H3. The maximum absolute atomic E-state index is 13.1. The Bertz CT molecular complexity index is 951. The van der Waals surface area contributed by atoms with Gasteiger partial charge in [-0.25, -0.2) is 0 Å². The predicted octanol–water partition coefficient (Wildman–Crippen LogP) is 2.42. The quantitative estimate of drug-likeness (QED) is 0.789. The van der Waals surface area contributed by atoms with Gasteiger partial charge in [-0.3, -0.25) is 14.3 Å². The van der Waals surface area contributed by atoms with Crippen molar-refractivity contribution in [3.8, 4) is 0 Å². The van der Waals surface area contributed by atoms with Crippen LogP contribution in [-0.4, -0.2) is 46.1 Å². The molecule has 148 valence electrons. The lowest BCUT2D eigenvalue weighted by Crippen LogP contribution is -2.47. The minimum atomic E-state index is -4.61. The van der Waals surface area contributed by atoms with Gasteiger partial charge in [0.25, 0.3) is 5.91 Å². The second-order valence-electron chi connectivity index (χ2n) is 7.05. The maximum Gasteiger partial charge on any atom is 0.435 e. The summed E-state index contributed by atoms with van der Waals surface area (Å²) in [6.45, 7) is 0.452. The Morgan fingerprint density at radius 2 is 1.93 bits per heavy atom. The summed E-state index contributed by atoms with van der Waals surface area (Å²) in [5.41, 5.74) is 0.714. The summed E-state index contributed by atoms with van der Waals surface area (Å²) in [4.78, 5) is 28.6. The lowest BCUT2D eigenvalue weighted by molar-refractivity contribution is -0.142. The SMILES string of the molecule is Cn1nc(C(F)(F)F)c2c1C(=O)N(CC(=O)N1CCCc3ccccc31)CC2. The lowest BCUT2D eigenvalue weighted by Gasteiger charge is -2.33. The fraction of sp³-hybridized carbons (Fsp3) is 0.421. The van der Waals surface area contributed by atoms with Crippen molar-refractivity contribution in [3.63, 3.8) is 0 Å². The van der Waals surface area contributed by atoms with E-state index in [4.69, 9.17) is 0 Å². The minimum absolute atomic E-state index is 0.0215. The number of carbonyl (C=O) groups excluding carboxylic acids is 2. The number of nitrogens with zero attached hydrogens (tertiary/aromatic N) is 4. The first kappa shape index (κ1) is 18.5. The molecule has 2 aromatic rings. The molecule has 2 amide bonds. The molecule has 28 heavy (non-hydrogen) atoms. The number of para-hydroxylation sites is 1. The van der Waals surface area contributed by atoms with Crippen LogP contribution >= 0.6 is 0 Å². The summed E-state index contributed by atoms with van der Waals surface area (Å²) in [7, 11) is 1.32. The van der Waals surface area contributed by atoms with Crippen molar-refractivity contribution in [2.24, 2.45) is 7.05 Å². The number of alkyl halides is 3. The third-order valence-corrected chi connectivity index (χ3v) is 5.27.